The Labute approximate surface area is 212 Å². The number of hydrogen-bond donors (Lipinski definition) is 1. The summed E-state index contributed by atoms with van der Waals surface area (Å²) in [6.07, 6.45) is 3.11. The summed E-state index contributed by atoms with van der Waals surface area (Å²) in [5, 5.41) is 0. The molecule has 0 unspecified atom stereocenters. The summed E-state index contributed by atoms with van der Waals surface area (Å²) < 4.78 is 65.9. The van der Waals surface area contributed by atoms with Crippen LogP contribution in [0.1, 0.15) is 39.5 Å². The number of carbonyl (C=O) groups is 1. The highest BCUT2D eigenvalue weighted by Gasteiger charge is 2.47. The van der Waals surface area contributed by atoms with Crippen LogP contribution >= 0.6 is 0 Å². The van der Waals surface area contributed by atoms with E-state index < -0.39 is 25.7 Å². The van der Waals surface area contributed by atoms with E-state index in [1.165, 1.54) is 34.6 Å². The molecule has 0 radical (unpaired) electrons. The second-order valence-corrected chi connectivity index (χ2v) is 12.5. The fourth-order valence-electron chi connectivity index (χ4n) is 4.70. The van der Waals surface area contributed by atoms with Gasteiger partial charge in [0.2, 0.25) is 15.9 Å². The summed E-state index contributed by atoms with van der Waals surface area (Å²) in [5.74, 6) is 0.0189. The molecule has 1 saturated carbocycles. The maximum atomic E-state index is 13.2. The maximum absolute atomic E-state index is 13.2. The number of piperidine rings is 1. The van der Waals surface area contributed by atoms with Gasteiger partial charge in [0.25, 0.3) is 10.1 Å². The molecule has 3 fully saturated rings. The maximum Gasteiger partial charge on any atom is 0.294 e. The van der Waals surface area contributed by atoms with Crippen LogP contribution in [0, 0.1) is 0 Å². The minimum atomic E-state index is -4.33. The minimum Gasteiger partial charge on any atom is -0.363 e. The number of hydrogen-bond acceptors (Lipinski definition) is 6. The molecule has 1 aliphatic carbocycles. The zero-order chi connectivity index (χ0) is 26.1. The Kier molecular flexibility index (Phi) is 7.59. The third kappa shape index (κ3) is 5.50. The lowest BCUT2D eigenvalue weighted by atomic mass is 9.90. The molecular formula is C25H32N2O7S2. The molecule has 1 N–H and O–H groups in total. The van der Waals surface area contributed by atoms with Crippen molar-refractivity contribution in [2.45, 2.75) is 61.0 Å². The van der Waals surface area contributed by atoms with Gasteiger partial charge in [-0.25, -0.2) is 8.42 Å². The Hall–Kier alpha value is -2.31. The van der Waals surface area contributed by atoms with Gasteiger partial charge in [-0.1, -0.05) is 38.1 Å². The second-order valence-electron chi connectivity index (χ2n) is 9.16. The van der Waals surface area contributed by atoms with Gasteiger partial charge in [0.15, 0.2) is 0 Å². The molecule has 196 valence electrons. The van der Waals surface area contributed by atoms with Gasteiger partial charge in [0.1, 0.15) is 6.61 Å². The summed E-state index contributed by atoms with van der Waals surface area (Å²) in [4.78, 5) is 14.0. The Morgan fingerprint density at radius 3 is 2.14 bits per heavy atom. The van der Waals surface area contributed by atoms with Crippen LogP contribution in [-0.2, 0) is 29.7 Å². The number of amides is 1. The van der Waals surface area contributed by atoms with Crippen molar-refractivity contribution in [3.05, 3.63) is 48.5 Å². The van der Waals surface area contributed by atoms with Gasteiger partial charge in [-0.2, -0.15) is 12.7 Å². The molecule has 0 bridgehead atoms. The van der Waals surface area contributed by atoms with Crippen LogP contribution < -0.4 is 0 Å². The smallest absolute Gasteiger partial charge is 0.294 e. The molecule has 11 heteroatoms. The van der Waals surface area contributed by atoms with Crippen LogP contribution in [0.2, 0.25) is 0 Å². The lowest BCUT2D eigenvalue weighted by Crippen LogP contribution is -2.59. The molecule has 5 rings (SSSR count). The third-order valence-electron chi connectivity index (χ3n) is 6.86. The fourth-order valence-corrected chi connectivity index (χ4v) is 6.67. The topological polar surface area (TPSA) is 121 Å². The Morgan fingerprint density at radius 1 is 0.917 bits per heavy atom. The first-order chi connectivity index (χ1) is 17.1. The highest BCUT2D eigenvalue weighted by molar-refractivity contribution is 7.89. The monoisotopic (exact) mass is 536 g/mol. The molecule has 2 heterocycles. The standard InChI is InChI=1S/C23H26N2O7S2.C2H6/c26-22-15-32-23(16-25(22)19-6-7-19)10-12-24(13-11-23)33(27,28)20-8-4-17(5-9-20)18-2-1-3-21(14-18)34(29,30)31;1-2/h1-5,8-9,14,19H,6-7,10-13,15-16H2,(H,29,30,31);1-2H3. The van der Waals surface area contributed by atoms with E-state index in [2.05, 4.69) is 0 Å². The van der Waals surface area contributed by atoms with E-state index in [0.717, 1.165) is 12.8 Å². The Bertz CT molecular complexity index is 1310. The minimum absolute atomic E-state index is 0.0189. The van der Waals surface area contributed by atoms with Gasteiger partial charge in [0.05, 0.1) is 21.9 Å². The van der Waals surface area contributed by atoms with E-state index in [1.54, 1.807) is 18.2 Å². The van der Waals surface area contributed by atoms with E-state index >= 15 is 0 Å². The second kappa shape index (κ2) is 10.2. The summed E-state index contributed by atoms with van der Waals surface area (Å²) >= 11 is 0. The van der Waals surface area contributed by atoms with Crippen molar-refractivity contribution in [3.8, 4) is 11.1 Å². The van der Waals surface area contributed by atoms with Gasteiger partial charge in [-0.15, -0.1) is 0 Å². The van der Waals surface area contributed by atoms with Crippen LogP contribution in [0.25, 0.3) is 11.1 Å². The first-order valence-corrected chi connectivity index (χ1v) is 15.1. The molecular weight excluding hydrogens is 504 g/mol. The Morgan fingerprint density at radius 2 is 1.56 bits per heavy atom. The molecule has 9 nitrogen and oxygen atoms in total. The summed E-state index contributed by atoms with van der Waals surface area (Å²) in [6, 6.07) is 12.4. The van der Waals surface area contributed by atoms with E-state index in [-0.39, 0.29) is 22.3 Å². The van der Waals surface area contributed by atoms with Crippen molar-refractivity contribution < 1.29 is 30.9 Å². The lowest BCUT2D eigenvalue weighted by molar-refractivity contribution is -0.170. The van der Waals surface area contributed by atoms with Crippen LogP contribution in [0.4, 0.5) is 0 Å². The average molecular weight is 537 g/mol. The van der Waals surface area contributed by atoms with E-state index in [0.29, 0.717) is 49.6 Å². The molecule has 2 saturated heterocycles. The summed E-state index contributed by atoms with van der Waals surface area (Å²) in [5.41, 5.74) is 0.690. The fraction of sp³-hybridized carbons (Fsp3) is 0.480. The first kappa shape index (κ1) is 26.7. The summed E-state index contributed by atoms with van der Waals surface area (Å²) in [6.45, 7) is 5.21. The largest absolute Gasteiger partial charge is 0.363 e. The number of benzene rings is 2. The van der Waals surface area contributed by atoms with Gasteiger partial charge in [0, 0.05) is 19.1 Å². The number of rotatable bonds is 5. The highest BCUT2D eigenvalue weighted by atomic mass is 32.2. The van der Waals surface area contributed by atoms with Crippen LogP contribution in [0.15, 0.2) is 58.3 Å². The zero-order valence-electron chi connectivity index (χ0n) is 20.5. The molecule has 2 aliphatic heterocycles. The van der Waals surface area contributed by atoms with Gasteiger partial charge >= 0.3 is 0 Å². The van der Waals surface area contributed by atoms with Crippen molar-refractivity contribution in [3.63, 3.8) is 0 Å². The number of ether oxygens (including phenoxy) is 1. The molecule has 1 spiro atoms. The van der Waals surface area contributed by atoms with Gasteiger partial charge in [-0.3, -0.25) is 9.35 Å². The van der Waals surface area contributed by atoms with Crippen molar-refractivity contribution in [2.24, 2.45) is 0 Å². The number of nitrogens with zero attached hydrogens (tertiary/aromatic N) is 2. The lowest BCUT2D eigenvalue weighted by Gasteiger charge is -2.46. The third-order valence-corrected chi connectivity index (χ3v) is 9.62. The molecule has 2 aromatic carbocycles. The number of carbonyl (C=O) groups excluding carboxylic acids is 1. The van der Waals surface area contributed by atoms with Crippen molar-refractivity contribution >= 4 is 26.0 Å². The molecule has 1 amide bonds. The van der Waals surface area contributed by atoms with E-state index in [9.17, 15) is 26.2 Å². The summed E-state index contributed by atoms with van der Waals surface area (Å²) in [7, 11) is -8.05. The zero-order valence-corrected chi connectivity index (χ0v) is 22.1. The predicted molar refractivity (Wildman–Crippen MR) is 134 cm³/mol. The molecule has 0 atom stereocenters. The van der Waals surface area contributed by atoms with E-state index in [4.69, 9.17) is 4.74 Å². The SMILES string of the molecule is CC.O=C1COC2(CCN(S(=O)(=O)c3ccc(-c4cccc(S(=O)(=O)O)c4)cc3)CC2)CN1C1CC1. The molecule has 0 aromatic heterocycles. The number of morpholine rings is 1. The first-order valence-electron chi connectivity index (χ1n) is 12.2. The normalized spacial score (nSPS) is 20.6. The van der Waals surface area contributed by atoms with Crippen LogP contribution in [0.3, 0.4) is 0 Å². The van der Waals surface area contributed by atoms with Gasteiger partial charge < -0.3 is 9.64 Å². The molecule has 3 aliphatic rings. The van der Waals surface area contributed by atoms with Crippen molar-refractivity contribution in [2.75, 3.05) is 26.2 Å². The van der Waals surface area contributed by atoms with E-state index in [1.807, 2.05) is 18.7 Å². The number of sulfonamides is 1. The quantitative estimate of drug-likeness (QED) is 0.583. The Balaban J connectivity index is 0.00000148. The van der Waals surface area contributed by atoms with Crippen molar-refractivity contribution in [1.29, 1.82) is 0 Å². The van der Waals surface area contributed by atoms with Crippen LogP contribution in [0.5, 0.6) is 0 Å². The molecule has 2 aromatic rings. The van der Waals surface area contributed by atoms with Crippen molar-refractivity contribution in [1.82, 2.24) is 9.21 Å². The van der Waals surface area contributed by atoms with Crippen LogP contribution in [-0.4, -0.2) is 74.4 Å². The average Bonchev–Trinajstić information content (AvgIpc) is 3.72. The van der Waals surface area contributed by atoms with Gasteiger partial charge in [-0.05, 0) is 61.1 Å². The molecule has 36 heavy (non-hydrogen) atoms. The predicted octanol–water partition coefficient (Wildman–Crippen LogP) is 3.17. The highest BCUT2D eigenvalue weighted by Crippen LogP contribution is 2.37.